The summed E-state index contributed by atoms with van der Waals surface area (Å²) in [5.41, 5.74) is 2.57. The summed E-state index contributed by atoms with van der Waals surface area (Å²) in [6, 6.07) is 0. The molecule has 7 nitrogen and oxygen atoms in total. The first-order valence-corrected chi connectivity index (χ1v) is 29.2. The van der Waals surface area contributed by atoms with Gasteiger partial charge >= 0.3 is 11.9 Å². The number of carbonyl (C=O) groups is 2. The summed E-state index contributed by atoms with van der Waals surface area (Å²) >= 11 is 0. The van der Waals surface area contributed by atoms with Crippen LogP contribution in [0.4, 0.5) is 0 Å². The maximum Gasteiger partial charge on any atom is 0.306 e. The molecular weight excluding hydrogens is 843 g/mol. The summed E-state index contributed by atoms with van der Waals surface area (Å²) in [5.74, 6) is 3.32. The Bertz CT molecular complexity index is 1530. The second-order valence-corrected chi connectivity index (χ2v) is 23.9. The fourth-order valence-corrected chi connectivity index (χ4v) is 14.1. The van der Waals surface area contributed by atoms with E-state index in [-0.39, 0.29) is 42.4 Å². The standard InChI is InChI=1S/C61H105NO6/c1-8-9-10-11-12-13-14-15-16-17-18-19-20-21-22-26-43-65-48-53(47-62-41-24-23-25-42-62)66-44-28-45-67-57(63)33-34-58(64)68-52-35-38-59(5)51(46-52)31-32-56-55(59)37-40-60(6)54(36-39-61(56,60)7)50(4)30-27-29-49(2)3/h12-13,15-16,31,49-50,52-56H,8-11,14,17-30,32-48H2,1-7H3/b13-12-,16-15-/t50?,52?,53?,54-,55+,56?,59?,60-,61+/m1/s1. The number of unbranched alkanes of at least 4 members (excludes halogenated alkanes) is 9. The summed E-state index contributed by atoms with van der Waals surface area (Å²) in [5, 5.41) is 0. The SMILES string of the molecule is CCCCC/C=C\C/C=C\CCCCCCCCOCC(CN1CCCCC1)OCCCOC(=O)CCC(=O)OC1CCC2(C)C(=CCC3[C@@H]2CC[C@]2(C)[C@@H](C(C)CCCC(C)C)CC[C@@]32C)C1. The zero-order chi connectivity index (χ0) is 48.7. The van der Waals surface area contributed by atoms with Crippen LogP contribution in [0.2, 0.25) is 0 Å². The van der Waals surface area contributed by atoms with Gasteiger partial charge in [0.2, 0.25) is 0 Å². The van der Waals surface area contributed by atoms with Crippen LogP contribution in [0.3, 0.4) is 0 Å². The van der Waals surface area contributed by atoms with Crippen LogP contribution in [0.15, 0.2) is 36.0 Å². The van der Waals surface area contributed by atoms with Gasteiger partial charge in [0.25, 0.3) is 0 Å². The monoisotopic (exact) mass is 948 g/mol. The van der Waals surface area contributed by atoms with Crippen LogP contribution in [0.1, 0.15) is 235 Å². The Hall–Kier alpha value is -1.96. The third-order valence-electron chi connectivity index (χ3n) is 18.5. The number of likely N-dealkylation sites (tertiary alicyclic amines) is 1. The van der Waals surface area contributed by atoms with Gasteiger partial charge in [-0.3, -0.25) is 9.59 Å². The topological polar surface area (TPSA) is 74.3 Å². The molecule has 1 saturated heterocycles. The van der Waals surface area contributed by atoms with E-state index in [0.717, 1.165) is 87.9 Å². The summed E-state index contributed by atoms with van der Waals surface area (Å²) in [6.45, 7) is 22.8. The van der Waals surface area contributed by atoms with Crippen molar-refractivity contribution in [1.29, 1.82) is 0 Å². The second kappa shape index (κ2) is 30.2. The van der Waals surface area contributed by atoms with Gasteiger partial charge in [-0.2, -0.15) is 0 Å². The van der Waals surface area contributed by atoms with Crippen molar-refractivity contribution in [3.63, 3.8) is 0 Å². The number of allylic oxidation sites excluding steroid dienone is 5. The minimum atomic E-state index is -0.336. The predicted molar refractivity (Wildman–Crippen MR) is 283 cm³/mol. The highest BCUT2D eigenvalue weighted by Gasteiger charge is 2.64. The Morgan fingerprint density at radius 3 is 2.18 bits per heavy atom. The Balaban J connectivity index is 0.922. The van der Waals surface area contributed by atoms with Gasteiger partial charge in [0.05, 0.1) is 38.8 Å². The minimum absolute atomic E-state index is 0.0199. The highest BCUT2D eigenvalue weighted by atomic mass is 16.6. The molecule has 5 aliphatic rings. The number of esters is 2. The maximum absolute atomic E-state index is 13.1. The van der Waals surface area contributed by atoms with Crippen LogP contribution in [-0.4, -0.2) is 75.1 Å². The lowest BCUT2D eigenvalue weighted by atomic mass is 9.42. The molecule has 3 saturated carbocycles. The third-order valence-corrected chi connectivity index (χ3v) is 18.5. The van der Waals surface area contributed by atoms with Gasteiger partial charge in [-0.1, -0.05) is 149 Å². The van der Waals surface area contributed by atoms with Crippen molar-refractivity contribution in [2.24, 2.45) is 45.8 Å². The van der Waals surface area contributed by atoms with E-state index < -0.39 is 0 Å². The van der Waals surface area contributed by atoms with Crippen LogP contribution < -0.4 is 0 Å². The molecule has 0 aromatic heterocycles. The molecule has 7 heteroatoms. The van der Waals surface area contributed by atoms with E-state index in [0.29, 0.717) is 37.1 Å². The summed E-state index contributed by atoms with van der Waals surface area (Å²) in [7, 11) is 0. The number of hydrogen-bond donors (Lipinski definition) is 0. The molecule has 0 N–H and O–H groups in total. The van der Waals surface area contributed by atoms with E-state index in [1.54, 1.807) is 0 Å². The smallest absolute Gasteiger partial charge is 0.306 e. The van der Waals surface area contributed by atoms with Gasteiger partial charge in [0, 0.05) is 26.0 Å². The lowest BCUT2D eigenvalue weighted by Gasteiger charge is -2.63. The van der Waals surface area contributed by atoms with Crippen molar-refractivity contribution < 1.29 is 28.5 Å². The zero-order valence-electron chi connectivity index (χ0n) is 45.3. The van der Waals surface area contributed by atoms with Gasteiger partial charge < -0.3 is 23.8 Å². The molecule has 0 radical (unpaired) electrons. The molecule has 1 aliphatic heterocycles. The van der Waals surface area contributed by atoms with Crippen LogP contribution >= 0.6 is 0 Å². The molecule has 5 unspecified atom stereocenters. The number of ether oxygens (including phenoxy) is 4. The van der Waals surface area contributed by atoms with E-state index in [4.69, 9.17) is 18.9 Å². The maximum atomic E-state index is 13.1. The number of nitrogens with zero attached hydrogens (tertiary/aromatic N) is 1. The largest absolute Gasteiger partial charge is 0.466 e. The normalized spacial score (nSPS) is 29.4. The summed E-state index contributed by atoms with van der Waals surface area (Å²) in [6.07, 6.45) is 45.0. The molecule has 0 aromatic rings. The van der Waals surface area contributed by atoms with E-state index >= 15 is 0 Å². The molecular formula is C61H105NO6. The van der Waals surface area contributed by atoms with Crippen LogP contribution in [-0.2, 0) is 28.5 Å². The molecule has 0 bridgehead atoms. The van der Waals surface area contributed by atoms with E-state index in [1.165, 1.54) is 140 Å². The first kappa shape index (κ1) is 56.9. The van der Waals surface area contributed by atoms with Crippen molar-refractivity contribution >= 4 is 11.9 Å². The second-order valence-electron chi connectivity index (χ2n) is 23.9. The van der Waals surface area contributed by atoms with Crippen LogP contribution in [0, 0.1) is 45.8 Å². The third kappa shape index (κ3) is 17.4. The number of rotatable bonds is 33. The number of fused-ring (bicyclic) bond motifs is 5. The number of piperidine rings is 1. The quantitative estimate of drug-likeness (QED) is 0.0369. The van der Waals surface area contributed by atoms with Crippen molar-refractivity contribution in [3.05, 3.63) is 36.0 Å². The zero-order valence-corrected chi connectivity index (χ0v) is 45.3. The molecule has 0 amide bonds. The van der Waals surface area contributed by atoms with Crippen molar-refractivity contribution in [3.8, 4) is 0 Å². The first-order chi connectivity index (χ1) is 32.9. The minimum Gasteiger partial charge on any atom is -0.466 e. The van der Waals surface area contributed by atoms with Crippen molar-refractivity contribution in [1.82, 2.24) is 4.90 Å². The Kier molecular flexibility index (Phi) is 25.3. The molecule has 4 aliphatic carbocycles. The molecule has 5 rings (SSSR count). The fraction of sp³-hybridized carbons (Fsp3) is 0.869. The van der Waals surface area contributed by atoms with E-state index in [2.05, 4.69) is 83.7 Å². The first-order valence-electron chi connectivity index (χ1n) is 29.2. The molecule has 68 heavy (non-hydrogen) atoms. The number of carbonyl (C=O) groups excluding carboxylic acids is 2. The average Bonchev–Trinajstić information content (AvgIpc) is 3.61. The molecule has 390 valence electrons. The Labute approximate surface area is 418 Å². The average molecular weight is 949 g/mol. The highest BCUT2D eigenvalue weighted by molar-refractivity contribution is 5.77. The van der Waals surface area contributed by atoms with E-state index in [1.807, 2.05) is 0 Å². The van der Waals surface area contributed by atoms with E-state index in [9.17, 15) is 9.59 Å². The molecule has 0 aromatic carbocycles. The van der Waals surface area contributed by atoms with Crippen molar-refractivity contribution in [2.75, 3.05) is 46.1 Å². The fourth-order valence-electron chi connectivity index (χ4n) is 14.1. The molecule has 0 spiro atoms. The van der Waals surface area contributed by atoms with Crippen molar-refractivity contribution in [2.45, 2.75) is 247 Å². The Morgan fingerprint density at radius 2 is 1.43 bits per heavy atom. The summed E-state index contributed by atoms with van der Waals surface area (Å²) in [4.78, 5) is 28.3. The van der Waals surface area contributed by atoms with Gasteiger partial charge in [0.1, 0.15) is 6.10 Å². The lowest BCUT2D eigenvalue weighted by Crippen LogP contribution is -2.55. The number of hydrogen-bond acceptors (Lipinski definition) is 7. The Morgan fingerprint density at radius 1 is 0.721 bits per heavy atom. The van der Waals surface area contributed by atoms with Gasteiger partial charge in [-0.05, 0) is 155 Å². The van der Waals surface area contributed by atoms with Gasteiger partial charge in [-0.15, -0.1) is 0 Å². The predicted octanol–water partition coefficient (Wildman–Crippen LogP) is 15.7. The lowest BCUT2D eigenvalue weighted by molar-refractivity contribution is -0.156. The van der Waals surface area contributed by atoms with Gasteiger partial charge in [-0.25, -0.2) is 0 Å². The molecule has 1 heterocycles. The van der Waals surface area contributed by atoms with Crippen LogP contribution in [0.5, 0.6) is 0 Å². The molecule has 9 atom stereocenters. The highest BCUT2D eigenvalue weighted by Crippen LogP contribution is 2.72. The summed E-state index contributed by atoms with van der Waals surface area (Å²) < 4.78 is 24.1. The van der Waals surface area contributed by atoms with Gasteiger partial charge in [0.15, 0.2) is 0 Å². The molecule has 4 fully saturated rings. The van der Waals surface area contributed by atoms with Crippen LogP contribution in [0.25, 0.3) is 0 Å².